The van der Waals surface area contributed by atoms with Crippen molar-refractivity contribution in [2.75, 3.05) is 13.2 Å². The minimum absolute atomic E-state index is 0.103. The van der Waals surface area contributed by atoms with Gasteiger partial charge in [-0.15, -0.1) is 0 Å². The summed E-state index contributed by atoms with van der Waals surface area (Å²) < 4.78 is 5.78. The quantitative estimate of drug-likeness (QED) is 0.588. The second kappa shape index (κ2) is 8.59. The Balaban J connectivity index is 1.58. The summed E-state index contributed by atoms with van der Waals surface area (Å²) in [5, 5.41) is 14.4. The molecule has 0 saturated carbocycles. The minimum Gasteiger partial charge on any atom is -0.490 e. The van der Waals surface area contributed by atoms with E-state index in [0.29, 0.717) is 18.7 Å². The van der Waals surface area contributed by atoms with Crippen molar-refractivity contribution in [3.05, 3.63) is 74.6 Å². The molecule has 148 valence electrons. The molecule has 0 spiro atoms. The summed E-state index contributed by atoms with van der Waals surface area (Å²) in [5.74, 6) is 0.818. The van der Waals surface area contributed by atoms with Gasteiger partial charge in [-0.3, -0.25) is 4.79 Å². The van der Waals surface area contributed by atoms with Gasteiger partial charge in [0.25, 0.3) is 5.56 Å². The van der Waals surface area contributed by atoms with E-state index in [2.05, 4.69) is 22.4 Å². The maximum Gasteiger partial charge on any atom is 0.252 e. The lowest BCUT2D eigenvalue weighted by Gasteiger charge is -2.16. The zero-order valence-corrected chi connectivity index (χ0v) is 16.9. The van der Waals surface area contributed by atoms with Gasteiger partial charge in [-0.2, -0.15) is 0 Å². The summed E-state index contributed by atoms with van der Waals surface area (Å²) in [4.78, 5) is 15.3. The molecule has 1 heterocycles. The molecule has 5 heteroatoms. The first kappa shape index (κ1) is 20.1. The number of para-hydroxylation sites is 1. The molecule has 28 heavy (non-hydrogen) atoms. The van der Waals surface area contributed by atoms with E-state index in [1.165, 1.54) is 0 Å². The SMILES string of the molecule is Cc1cc(C)c2[nH]c(=O)c(CNCC(O)COc3c(C)cccc3C)cc2c1. The number of aliphatic hydroxyl groups excluding tert-OH is 1. The molecule has 0 amide bonds. The van der Waals surface area contributed by atoms with Crippen LogP contribution in [0.4, 0.5) is 0 Å². The van der Waals surface area contributed by atoms with Crippen LogP contribution in [0.1, 0.15) is 27.8 Å². The molecular weight excluding hydrogens is 352 g/mol. The molecule has 5 nitrogen and oxygen atoms in total. The number of aromatic nitrogens is 1. The number of aliphatic hydroxyl groups is 1. The molecule has 0 aliphatic rings. The average molecular weight is 380 g/mol. The topological polar surface area (TPSA) is 74.4 Å². The maximum atomic E-state index is 12.3. The summed E-state index contributed by atoms with van der Waals surface area (Å²) in [7, 11) is 0. The van der Waals surface area contributed by atoms with Crippen LogP contribution >= 0.6 is 0 Å². The zero-order chi connectivity index (χ0) is 20.3. The number of aromatic amines is 1. The van der Waals surface area contributed by atoms with Gasteiger partial charge in [-0.05, 0) is 61.9 Å². The summed E-state index contributed by atoms with van der Waals surface area (Å²) in [6.07, 6.45) is -0.664. The third-order valence-corrected chi connectivity index (χ3v) is 4.89. The van der Waals surface area contributed by atoms with E-state index >= 15 is 0 Å². The van der Waals surface area contributed by atoms with E-state index in [4.69, 9.17) is 4.74 Å². The first-order valence-electron chi connectivity index (χ1n) is 9.56. The fraction of sp³-hybridized carbons (Fsp3) is 0.348. The number of aryl methyl sites for hydroxylation is 4. The Bertz CT molecular complexity index is 1020. The highest BCUT2D eigenvalue weighted by Crippen LogP contribution is 2.22. The van der Waals surface area contributed by atoms with Gasteiger partial charge in [0, 0.05) is 18.7 Å². The molecule has 1 unspecified atom stereocenters. The van der Waals surface area contributed by atoms with Gasteiger partial charge in [0.2, 0.25) is 0 Å². The van der Waals surface area contributed by atoms with Gasteiger partial charge in [0.1, 0.15) is 18.5 Å². The Hall–Kier alpha value is -2.63. The summed E-state index contributed by atoms with van der Waals surface area (Å²) in [6.45, 7) is 8.95. The predicted molar refractivity (Wildman–Crippen MR) is 113 cm³/mol. The number of pyridine rings is 1. The predicted octanol–water partition coefficient (Wildman–Crippen LogP) is 3.29. The largest absolute Gasteiger partial charge is 0.490 e. The molecule has 3 aromatic rings. The first-order chi connectivity index (χ1) is 13.3. The van der Waals surface area contributed by atoms with Gasteiger partial charge in [0.05, 0.1) is 5.52 Å². The van der Waals surface area contributed by atoms with Crippen molar-refractivity contribution in [2.24, 2.45) is 0 Å². The van der Waals surface area contributed by atoms with Crippen molar-refractivity contribution in [3.63, 3.8) is 0 Å². The Labute approximate surface area is 165 Å². The molecule has 0 radical (unpaired) electrons. The molecular formula is C23H28N2O3. The Kier molecular flexibility index (Phi) is 6.17. The summed E-state index contributed by atoms with van der Waals surface area (Å²) in [5.41, 5.74) is 5.75. The molecule has 3 rings (SSSR count). The van der Waals surface area contributed by atoms with Gasteiger partial charge >= 0.3 is 0 Å². The molecule has 0 saturated heterocycles. The van der Waals surface area contributed by atoms with E-state index in [1.807, 2.05) is 52.0 Å². The molecule has 0 aliphatic heterocycles. The second-order valence-electron chi connectivity index (χ2n) is 7.49. The maximum absolute atomic E-state index is 12.3. The average Bonchev–Trinajstić information content (AvgIpc) is 2.62. The standard InChI is InChI=1S/C23H28N2O3/c1-14-8-17(4)21-18(9-14)10-19(23(27)25-21)11-24-12-20(26)13-28-22-15(2)6-5-7-16(22)3/h5-10,20,24,26H,11-13H2,1-4H3,(H,25,27). The zero-order valence-electron chi connectivity index (χ0n) is 16.9. The second-order valence-corrected chi connectivity index (χ2v) is 7.49. The van der Waals surface area contributed by atoms with Crippen LogP contribution in [0.5, 0.6) is 5.75 Å². The van der Waals surface area contributed by atoms with Crippen molar-refractivity contribution in [3.8, 4) is 5.75 Å². The van der Waals surface area contributed by atoms with E-state index in [-0.39, 0.29) is 12.2 Å². The lowest BCUT2D eigenvalue weighted by molar-refractivity contribution is 0.105. The van der Waals surface area contributed by atoms with Crippen molar-refractivity contribution in [1.82, 2.24) is 10.3 Å². The third-order valence-electron chi connectivity index (χ3n) is 4.89. The van der Waals surface area contributed by atoms with Crippen molar-refractivity contribution in [1.29, 1.82) is 0 Å². The highest BCUT2D eigenvalue weighted by molar-refractivity contribution is 5.82. The fourth-order valence-corrected chi connectivity index (χ4v) is 3.50. The normalized spacial score (nSPS) is 12.3. The van der Waals surface area contributed by atoms with Crippen LogP contribution in [0.25, 0.3) is 10.9 Å². The van der Waals surface area contributed by atoms with Crippen LogP contribution in [-0.2, 0) is 6.54 Å². The number of fused-ring (bicyclic) bond motifs is 1. The van der Waals surface area contributed by atoms with Crippen LogP contribution in [0, 0.1) is 27.7 Å². The van der Waals surface area contributed by atoms with Gasteiger partial charge in [-0.25, -0.2) is 0 Å². The number of H-pyrrole nitrogens is 1. The monoisotopic (exact) mass is 380 g/mol. The summed E-state index contributed by atoms with van der Waals surface area (Å²) >= 11 is 0. The number of ether oxygens (including phenoxy) is 1. The van der Waals surface area contributed by atoms with Gasteiger partial charge in [0.15, 0.2) is 0 Å². The number of benzene rings is 2. The lowest BCUT2D eigenvalue weighted by Crippen LogP contribution is -2.32. The van der Waals surface area contributed by atoms with E-state index < -0.39 is 6.10 Å². The van der Waals surface area contributed by atoms with Crippen molar-refractivity contribution >= 4 is 10.9 Å². The number of hydrogen-bond acceptors (Lipinski definition) is 4. The van der Waals surface area contributed by atoms with Crippen LogP contribution in [-0.4, -0.2) is 29.3 Å². The third kappa shape index (κ3) is 4.61. The van der Waals surface area contributed by atoms with Gasteiger partial charge in [-0.1, -0.05) is 29.8 Å². The van der Waals surface area contributed by atoms with Crippen LogP contribution in [0.3, 0.4) is 0 Å². The van der Waals surface area contributed by atoms with Gasteiger partial charge < -0.3 is 20.1 Å². The number of rotatable bonds is 7. The van der Waals surface area contributed by atoms with E-state index in [9.17, 15) is 9.90 Å². The molecule has 1 aromatic heterocycles. The van der Waals surface area contributed by atoms with Crippen LogP contribution in [0.2, 0.25) is 0 Å². The van der Waals surface area contributed by atoms with E-state index in [0.717, 1.165) is 38.9 Å². The molecule has 0 bridgehead atoms. The number of nitrogens with one attached hydrogen (secondary N) is 2. The molecule has 0 fully saturated rings. The number of hydrogen-bond donors (Lipinski definition) is 3. The molecule has 3 N–H and O–H groups in total. The smallest absolute Gasteiger partial charge is 0.252 e. The van der Waals surface area contributed by atoms with Crippen molar-refractivity contribution < 1.29 is 9.84 Å². The van der Waals surface area contributed by atoms with E-state index in [1.54, 1.807) is 0 Å². The highest BCUT2D eigenvalue weighted by atomic mass is 16.5. The summed E-state index contributed by atoms with van der Waals surface area (Å²) in [6, 6.07) is 12.0. The highest BCUT2D eigenvalue weighted by Gasteiger charge is 2.10. The Morgan fingerprint density at radius 1 is 1.07 bits per heavy atom. The lowest BCUT2D eigenvalue weighted by atomic mass is 10.1. The Morgan fingerprint density at radius 2 is 1.79 bits per heavy atom. The first-order valence-corrected chi connectivity index (χ1v) is 9.56. The van der Waals surface area contributed by atoms with Crippen LogP contribution < -0.4 is 15.6 Å². The van der Waals surface area contributed by atoms with Crippen molar-refractivity contribution in [2.45, 2.75) is 40.3 Å². The molecule has 1 atom stereocenters. The molecule has 2 aromatic carbocycles. The minimum atomic E-state index is -0.664. The Morgan fingerprint density at radius 3 is 2.50 bits per heavy atom. The molecule has 0 aliphatic carbocycles. The fourth-order valence-electron chi connectivity index (χ4n) is 3.50. The van der Waals surface area contributed by atoms with Crippen LogP contribution in [0.15, 0.2) is 41.2 Å².